The predicted octanol–water partition coefficient (Wildman–Crippen LogP) is 6.37. The fourth-order valence-corrected chi connectivity index (χ4v) is 7.96. The molecule has 2 fully saturated rings. The molecule has 5 rings (SSSR count). The van der Waals surface area contributed by atoms with Crippen LogP contribution < -0.4 is 10.9 Å². The van der Waals surface area contributed by atoms with Gasteiger partial charge in [0, 0.05) is 53.0 Å². The number of nitrogens with zero attached hydrogens (tertiary/aromatic N) is 3. The second kappa shape index (κ2) is 15.2. The highest BCUT2D eigenvalue weighted by Gasteiger charge is 2.37. The number of likely N-dealkylation sites (tertiary alicyclic amines) is 1. The van der Waals surface area contributed by atoms with Gasteiger partial charge in [-0.25, -0.2) is 17.9 Å². The van der Waals surface area contributed by atoms with Crippen molar-refractivity contribution in [1.82, 2.24) is 20.0 Å². The van der Waals surface area contributed by atoms with Crippen LogP contribution in [0.2, 0.25) is 5.54 Å². The van der Waals surface area contributed by atoms with Crippen molar-refractivity contribution in [1.29, 1.82) is 0 Å². The standard InChI is InChI=1S/C38H46F3N4O4Si/c1-19(2)11-30(50)36(45-38(49)23(6)14-26(43-45)9-10-44-17-25(39)18-44)37(48)42-29(16-31(46)47)33-34(40)27(24-7-8-24)15-28(35(33)41)32-21(4)12-20(3)13-22(32)5/h12-15,19,24-25,29-30,36H,7-11,16-18H2,1-6H3,(H,42,48)(H,46,47)/t29-,30?,36-/m0/s1. The lowest BCUT2D eigenvalue weighted by atomic mass is 9.87. The largest absolute Gasteiger partial charge is 0.481 e. The summed E-state index contributed by atoms with van der Waals surface area (Å²) in [6.07, 6.45) is 0.596. The van der Waals surface area contributed by atoms with Crippen LogP contribution in [0, 0.1) is 45.2 Å². The first-order valence-electron chi connectivity index (χ1n) is 17.3. The van der Waals surface area contributed by atoms with E-state index in [-0.39, 0.29) is 23.0 Å². The van der Waals surface area contributed by atoms with Crippen molar-refractivity contribution in [2.75, 3.05) is 19.6 Å². The van der Waals surface area contributed by atoms with E-state index in [0.717, 1.165) is 21.4 Å². The van der Waals surface area contributed by atoms with Crippen molar-refractivity contribution in [2.45, 2.75) is 103 Å². The number of aromatic nitrogens is 2. The minimum absolute atomic E-state index is 0.0799. The molecule has 0 bridgehead atoms. The molecule has 2 N–H and O–H groups in total. The molecule has 2 heterocycles. The zero-order valence-electron chi connectivity index (χ0n) is 29.6. The molecule has 1 aromatic heterocycles. The van der Waals surface area contributed by atoms with Gasteiger partial charge in [-0.1, -0.05) is 31.5 Å². The maximum atomic E-state index is 16.8. The maximum Gasteiger partial charge on any atom is 0.305 e. The zero-order chi connectivity index (χ0) is 36.6. The van der Waals surface area contributed by atoms with Gasteiger partial charge in [-0.05, 0) is 98.7 Å². The molecule has 2 aliphatic rings. The Hall–Kier alpha value is -3.77. The Kier molecular flexibility index (Phi) is 11.4. The number of benzene rings is 2. The number of hydrogen-bond donors (Lipinski definition) is 2. The molecule has 1 aliphatic carbocycles. The number of aryl methyl sites for hydroxylation is 4. The van der Waals surface area contributed by atoms with Gasteiger partial charge in [0.15, 0.2) is 0 Å². The van der Waals surface area contributed by atoms with Crippen LogP contribution in [0.25, 0.3) is 11.1 Å². The van der Waals surface area contributed by atoms with Crippen molar-refractivity contribution in [3.05, 3.63) is 85.3 Å². The summed E-state index contributed by atoms with van der Waals surface area (Å²) in [5.41, 5.74) is 2.77. The van der Waals surface area contributed by atoms with E-state index in [1.54, 1.807) is 13.0 Å². The van der Waals surface area contributed by atoms with Gasteiger partial charge in [0.05, 0.1) is 18.2 Å². The van der Waals surface area contributed by atoms with E-state index in [1.807, 2.05) is 51.7 Å². The molecular weight excluding hydrogens is 662 g/mol. The molecule has 50 heavy (non-hydrogen) atoms. The maximum absolute atomic E-state index is 16.8. The molecule has 1 amide bonds. The smallest absolute Gasteiger partial charge is 0.305 e. The number of aliphatic carboxylic acids is 1. The Balaban J connectivity index is 1.59. The van der Waals surface area contributed by atoms with Crippen LogP contribution in [0.15, 0.2) is 29.1 Å². The fraction of sp³-hybridized carbons (Fsp3) is 0.526. The molecule has 2 aromatic carbocycles. The van der Waals surface area contributed by atoms with Crippen LogP contribution in [-0.4, -0.2) is 67.7 Å². The van der Waals surface area contributed by atoms with Crippen LogP contribution in [-0.2, 0) is 16.0 Å². The Morgan fingerprint density at radius 2 is 1.66 bits per heavy atom. The van der Waals surface area contributed by atoms with E-state index in [1.165, 1.54) is 6.07 Å². The molecule has 1 saturated carbocycles. The first-order valence-corrected chi connectivity index (χ1v) is 17.9. The summed E-state index contributed by atoms with van der Waals surface area (Å²) in [5.74, 6) is -4.03. The highest BCUT2D eigenvalue weighted by atomic mass is 28.1. The van der Waals surface area contributed by atoms with Crippen LogP contribution in [0.5, 0.6) is 0 Å². The second-order valence-corrected chi connectivity index (χ2v) is 15.4. The lowest BCUT2D eigenvalue weighted by Gasteiger charge is -2.34. The summed E-state index contributed by atoms with van der Waals surface area (Å²) in [5, 5.41) is 17.2. The third kappa shape index (κ3) is 8.23. The lowest BCUT2D eigenvalue weighted by Crippen LogP contribution is -2.49. The van der Waals surface area contributed by atoms with Crippen molar-refractivity contribution < 1.29 is 27.9 Å². The molecule has 3 aromatic rings. The molecule has 12 heteroatoms. The van der Waals surface area contributed by atoms with Gasteiger partial charge in [-0.2, -0.15) is 5.10 Å². The topological polar surface area (TPSA) is 105 Å². The third-order valence-electron chi connectivity index (χ3n) is 9.67. The molecule has 3 radical (unpaired) electrons. The van der Waals surface area contributed by atoms with Gasteiger partial charge in [0.1, 0.15) is 23.8 Å². The Labute approximate surface area is 294 Å². The molecular formula is C38H46F3N4O4Si. The number of halogens is 3. The third-order valence-corrected chi connectivity index (χ3v) is 10.2. The number of carboxylic acid groups (broad SMARTS) is 1. The van der Waals surface area contributed by atoms with Crippen LogP contribution in [0.1, 0.15) is 96.6 Å². The molecule has 1 unspecified atom stereocenters. The summed E-state index contributed by atoms with van der Waals surface area (Å²) in [7, 11) is 3.68. The Morgan fingerprint density at radius 3 is 2.22 bits per heavy atom. The Morgan fingerprint density at radius 1 is 1.02 bits per heavy atom. The van der Waals surface area contributed by atoms with Gasteiger partial charge < -0.3 is 10.4 Å². The first-order chi connectivity index (χ1) is 23.5. The summed E-state index contributed by atoms with van der Waals surface area (Å²) < 4.78 is 47.8. The Bertz CT molecular complexity index is 1810. The fourth-order valence-electron chi connectivity index (χ4n) is 7.20. The predicted molar refractivity (Wildman–Crippen MR) is 187 cm³/mol. The van der Waals surface area contributed by atoms with E-state index in [0.29, 0.717) is 62.1 Å². The first kappa shape index (κ1) is 37.5. The van der Waals surface area contributed by atoms with E-state index in [9.17, 15) is 23.9 Å². The quantitative estimate of drug-likeness (QED) is 0.189. The van der Waals surface area contributed by atoms with Crippen LogP contribution in [0.3, 0.4) is 0 Å². The average Bonchev–Trinajstić information content (AvgIpc) is 3.82. The normalized spacial score (nSPS) is 17.0. The summed E-state index contributed by atoms with van der Waals surface area (Å²) in [6.45, 7) is 12.3. The van der Waals surface area contributed by atoms with E-state index >= 15 is 8.78 Å². The number of hydrogen-bond acceptors (Lipinski definition) is 5. The number of alkyl halides is 1. The van der Waals surface area contributed by atoms with Gasteiger partial charge in [0.25, 0.3) is 5.56 Å². The van der Waals surface area contributed by atoms with E-state index in [2.05, 4.69) is 20.7 Å². The van der Waals surface area contributed by atoms with Gasteiger partial charge in [0.2, 0.25) is 5.91 Å². The molecule has 267 valence electrons. The second-order valence-electron chi connectivity index (χ2n) is 14.6. The molecule has 3 atom stereocenters. The summed E-state index contributed by atoms with van der Waals surface area (Å²) in [4.78, 5) is 42.2. The lowest BCUT2D eigenvalue weighted by molar-refractivity contribution is -0.138. The highest BCUT2D eigenvalue weighted by molar-refractivity contribution is 6.14. The summed E-state index contributed by atoms with van der Waals surface area (Å²) in [6, 6.07) is 4.12. The molecule has 1 saturated heterocycles. The van der Waals surface area contributed by atoms with Crippen molar-refractivity contribution in [3.63, 3.8) is 0 Å². The molecule has 1 aliphatic heterocycles. The van der Waals surface area contributed by atoms with Crippen LogP contribution >= 0.6 is 0 Å². The molecule has 0 spiro atoms. The SMILES string of the molecule is Cc1cc(C)c(-c2cc(C3CC3)c(F)c([C@H](CC(=O)O)NC(=O)[C@H](C([Si])CC(C)C)n3nc(CCN4CC(F)C4)cc(C)c3=O)c2F)c(C)c1. The van der Waals surface area contributed by atoms with Gasteiger partial charge in [-0.15, -0.1) is 0 Å². The van der Waals surface area contributed by atoms with E-state index in [4.69, 9.17) is 0 Å². The van der Waals surface area contributed by atoms with Crippen LogP contribution in [0.4, 0.5) is 13.2 Å². The van der Waals surface area contributed by atoms with Gasteiger partial charge in [-0.3, -0.25) is 19.3 Å². The van der Waals surface area contributed by atoms with E-state index < -0.39 is 64.9 Å². The minimum atomic E-state index is -1.59. The zero-order valence-corrected chi connectivity index (χ0v) is 30.6. The monoisotopic (exact) mass is 707 g/mol. The van der Waals surface area contributed by atoms with Crippen molar-refractivity contribution >= 4 is 22.1 Å². The number of carboxylic acids is 1. The summed E-state index contributed by atoms with van der Waals surface area (Å²) >= 11 is 0. The van der Waals surface area contributed by atoms with Crippen molar-refractivity contribution in [3.8, 4) is 11.1 Å². The highest BCUT2D eigenvalue weighted by Crippen LogP contribution is 2.46. The number of rotatable bonds is 14. The number of nitrogens with one attached hydrogen (secondary N) is 1. The van der Waals surface area contributed by atoms with Crippen molar-refractivity contribution in [2.24, 2.45) is 5.92 Å². The average molecular weight is 708 g/mol. The number of carbonyl (C=O) groups excluding carboxylic acids is 1. The minimum Gasteiger partial charge on any atom is -0.481 e. The molecule has 8 nitrogen and oxygen atoms in total. The number of carbonyl (C=O) groups is 2. The van der Waals surface area contributed by atoms with Gasteiger partial charge >= 0.3 is 5.97 Å². The number of amides is 1.